The van der Waals surface area contributed by atoms with Crippen molar-refractivity contribution in [3.63, 3.8) is 0 Å². The molecule has 0 amide bonds. The number of thiazole rings is 1. The first-order chi connectivity index (χ1) is 9.13. The van der Waals surface area contributed by atoms with Crippen LogP contribution in [0.1, 0.15) is 67.1 Å². The summed E-state index contributed by atoms with van der Waals surface area (Å²) in [7, 11) is 0. The third-order valence-corrected chi connectivity index (χ3v) is 5.91. The van der Waals surface area contributed by atoms with Gasteiger partial charge in [-0.1, -0.05) is 19.8 Å². The minimum absolute atomic E-state index is 0.521. The molecule has 106 valence electrons. The average Bonchev–Trinajstić information content (AvgIpc) is 3.13. The highest BCUT2D eigenvalue weighted by Gasteiger charge is 2.34. The molecule has 0 bridgehead atoms. The van der Waals surface area contributed by atoms with E-state index in [1.807, 2.05) is 11.3 Å². The summed E-state index contributed by atoms with van der Waals surface area (Å²) in [5.74, 6) is 1.69. The van der Waals surface area contributed by atoms with Crippen molar-refractivity contribution in [3.8, 4) is 0 Å². The van der Waals surface area contributed by atoms with Crippen molar-refractivity contribution in [1.29, 1.82) is 0 Å². The molecule has 1 aromatic heterocycles. The van der Waals surface area contributed by atoms with Crippen molar-refractivity contribution >= 4 is 11.3 Å². The number of nitrogens with one attached hydrogen (secondary N) is 1. The zero-order valence-corrected chi connectivity index (χ0v) is 13.2. The topological polar surface area (TPSA) is 24.9 Å². The highest BCUT2D eigenvalue weighted by Crippen LogP contribution is 2.40. The van der Waals surface area contributed by atoms with Crippen LogP contribution in [-0.4, -0.2) is 11.0 Å². The highest BCUT2D eigenvalue weighted by molar-refractivity contribution is 7.11. The van der Waals surface area contributed by atoms with Gasteiger partial charge in [0.1, 0.15) is 5.01 Å². The van der Waals surface area contributed by atoms with Crippen molar-refractivity contribution in [2.75, 3.05) is 0 Å². The molecule has 1 heterocycles. The lowest BCUT2D eigenvalue weighted by Crippen LogP contribution is -2.32. The summed E-state index contributed by atoms with van der Waals surface area (Å²) < 4.78 is 0. The Morgan fingerprint density at radius 2 is 2.00 bits per heavy atom. The number of hydrogen-bond acceptors (Lipinski definition) is 3. The number of rotatable bonds is 4. The fraction of sp³-hybridized carbons (Fsp3) is 0.812. The second-order valence-electron chi connectivity index (χ2n) is 6.64. The van der Waals surface area contributed by atoms with Gasteiger partial charge in [-0.2, -0.15) is 0 Å². The maximum atomic E-state index is 4.85. The fourth-order valence-electron chi connectivity index (χ4n) is 3.33. The Labute approximate surface area is 121 Å². The van der Waals surface area contributed by atoms with Crippen molar-refractivity contribution in [1.82, 2.24) is 10.3 Å². The van der Waals surface area contributed by atoms with Gasteiger partial charge < -0.3 is 5.32 Å². The molecule has 0 aliphatic heterocycles. The largest absolute Gasteiger partial charge is 0.305 e. The minimum Gasteiger partial charge on any atom is -0.305 e. The maximum absolute atomic E-state index is 4.85. The smallest absolute Gasteiger partial charge is 0.110 e. The van der Waals surface area contributed by atoms with Crippen molar-refractivity contribution in [2.45, 2.75) is 71.4 Å². The molecular weight excluding hydrogens is 252 g/mol. The van der Waals surface area contributed by atoms with Gasteiger partial charge in [0.05, 0.1) is 11.7 Å². The molecule has 1 N–H and O–H groups in total. The predicted molar refractivity (Wildman–Crippen MR) is 81.6 cm³/mol. The molecular formula is C16H26N2S. The summed E-state index contributed by atoms with van der Waals surface area (Å²) in [5.41, 5.74) is 1.23. The number of aryl methyl sites for hydroxylation is 2. The molecule has 2 fully saturated rings. The van der Waals surface area contributed by atoms with Crippen LogP contribution in [0.2, 0.25) is 0 Å². The number of nitrogens with zero attached hydrogens (tertiary/aromatic N) is 1. The molecule has 3 rings (SSSR count). The molecule has 0 aromatic carbocycles. The van der Waals surface area contributed by atoms with E-state index in [0.717, 1.165) is 17.9 Å². The third-order valence-electron chi connectivity index (χ3n) is 4.75. The van der Waals surface area contributed by atoms with E-state index in [-0.39, 0.29) is 0 Å². The van der Waals surface area contributed by atoms with Crippen LogP contribution in [0.25, 0.3) is 0 Å². The van der Waals surface area contributed by atoms with Gasteiger partial charge in [0.15, 0.2) is 0 Å². The Balaban J connectivity index is 1.79. The normalized spacial score (nSPS) is 29.4. The third kappa shape index (κ3) is 3.19. The summed E-state index contributed by atoms with van der Waals surface area (Å²) in [6, 6.07) is 1.29. The van der Waals surface area contributed by atoms with Crippen molar-refractivity contribution in [3.05, 3.63) is 15.6 Å². The Morgan fingerprint density at radius 1 is 1.21 bits per heavy atom. The van der Waals surface area contributed by atoms with Gasteiger partial charge in [0.2, 0.25) is 0 Å². The molecule has 2 aliphatic carbocycles. The Kier molecular flexibility index (Phi) is 3.95. The molecule has 0 spiro atoms. The van der Waals surface area contributed by atoms with Crippen LogP contribution in [0, 0.1) is 25.7 Å². The quantitative estimate of drug-likeness (QED) is 0.884. The molecule has 2 saturated carbocycles. The van der Waals surface area contributed by atoms with Crippen molar-refractivity contribution < 1.29 is 0 Å². The lowest BCUT2D eigenvalue weighted by molar-refractivity contribution is 0.222. The summed E-state index contributed by atoms with van der Waals surface area (Å²) >= 11 is 1.91. The molecule has 19 heavy (non-hydrogen) atoms. The van der Waals surface area contributed by atoms with Gasteiger partial charge in [-0.3, -0.25) is 0 Å². The van der Waals surface area contributed by atoms with E-state index >= 15 is 0 Å². The van der Waals surface area contributed by atoms with E-state index in [9.17, 15) is 0 Å². The van der Waals surface area contributed by atoms with Gasteiger partial charge in [-0.25, -0.2) is 4.98 Å². The van der Waals surface area contributed by atoms with E-state index < -0.39 is 0 Å². The van der Waals surface area contributed by atoms with Crippen LogP contribution in [0.5, 0.6) is 0 Å². The van der Waals surface area contributed by atoms with Gasteiger partial charge in [0, 0.05) is 10.9 Å². The lowest BCUT2D eigenvalue weighted by atomic mass is 9.78. The van der Waals surface area contributed by atoms with Gasteiger partial charge in [-0.15, -0.1) is 11.3 Å². The summed E-state index contributed by atoms with van der Waals surface area (Å²) in [4.78, 5) is 6.24. The van der Waals surface area contributed by atoms with Gasteiger partial charge >= 0.3 is 0 Å². The zero-order chi connectivity index (χ0) is 13.4. The van der Waals surface area contributed by atoms with Crippen LogP contribution in [0.15, 0.2) is 0 Å². The van der Waals surface area contributed by atoms with Crippen LogP contribution >= 0.6 is 11.3 Å². The van der Waals surface area contributed by atoms with Gasteiger partial charge in [0.25, 0.3) is 0 Å². The molecule has 2 aliphatic rings. The van der Waals surface area contributed by atoms with Crippen LogP contribution < -0.4 is 5.32 Å². The molecule has 1 aromatic rings. The molecule has 3 heteroatoms. The van der Waals surface area contributed by atoms with E-state index in [2.05, 4.69) is 26.1 Å². The molecule has 0 saturated heterocycles. The molecule has 3 atom stereocenters. The molecule has 2 nitrogen and oxygen atoms in total. The van der Waals surface area contributed by atoms with E-state index in [0.29, 0.717) is 6.04 Å². The van der Waals surface area contributed by atoms with Crippen LogP contribution in [0.4, 0.5) is 0 Å². The first kappa shape index (κ1) is 13.6. The highest BCUT2D eigenvalue weighted by atomic mass is 32.1. The maximum Gasteiger partial charge on any atom is 0.110 e. The lowest BCUT2D eigenvalue weighted by Gasteiger charge is -2.33. The SMILES string of the molecule is Cc1nc(C(NC2CC2)C2CCCC(C)C2)sc1C. The first-order valence-electron chi connectivity index (χ1n) is 7.83. The number of hydrogen-bond donors (Lipinski definition) is 1. The molecule has 0 radical (unpaired) electrons. The van der Waals surface area contributed by atoms with Crippen LogP contribution in [-0.2, 0) is 0 Å². The second kappa shape index (κ2) is 5.53. The van der Waals surface area contributed by atoms with E-state index in [1.165, 1.54) is 54.1 Å². The second-order valence-corrected chi connectivity index (χ2v) is 7.88. The monoisotopic (exact) mass is 278 g/mol. The standard InChI is InChI=1S/C16H26N2S/c1-10-5-4-6-13(9-10)15(18-14-7-8-14)16-17-11(2)12(3)19-16/h10,13-15,18H,4-9H2,1-3H3. The van der Waals surface area contributed by atoms with Crippen LogP contribution in [0.3, 0.4) is 0 Å². The van der Waals surface area contributed by atoms with E-state index in [4.69, 9.17) is 4.98 Å². The summed E-state index contributed by atoms with van der Waals surface area (Å²) in [6.07, 6.45) is 8.30. The van der Waals surface area contributed by atoms with Crippen molar-refractivity contribution in [2.24, 2.45) is 11.8 Å². The predicted octanol–water partition coefficient (Wildman–Crippen LogP) is 4.38. The minimum atomic E-state index is 0.521. The first-order valence-corrected chi connectivity index (χ1v) is 8.65. The molecule has 3 unspecified atom stereocenters. The zero-order valence-electron chi connectivity index (χ0n) is 12.4. The fourth-order valence-corrected chi connectivity index (χ4v) is 4.40. The Bertz CT molecular complexity index is 416. The summed E-state index contributed by atoms with van der Waals surface area (Å²) in [5, 5.41) is 5.23. The Morgan fingerprint density at radius 3 is 2.58 bits per heavy atom. The number of aromatic nitrogens is 1. The van der Waals surface area contributed by atoms with E-state index in [1.54, 1.807) is 0 Å². The summed E-state index contributed by atoms with van der Waals surface area (Å²) in [6.45, 7) is 6.76. The van der Waals surface area contributed by atoms with Gasteiger partial charge in [-0.05, 0) is 51.4 Å². The Hall–Kier alpha value is -0.410. The average molecular weight is 278 g/mol.